The lowest BCUT2D eigenvalue weighted by atomic mass is 9.93. The van der Waals surface area contributed by atoms with Gasteiger partial charge in [-0.2, -0.15) is 0 Å². The number of anilines is 1. The monoisotopic (exact) mass is 344 g/mol. The Bertz CT molecular complexity index is 744. The zero-order valence-corrected chi connectivity index (χ0v) is 14.7. The van der Waals surface area contributed by atoms with E-state index in [-0.39, 0.29) is 30.2 Å². The molecule has 0 unspecified atom stereocenters. The van der Waals surface area contributed by atoms with Gasteiger partial charge in [0.25, 0.3) is 0 Å². The van der Waals surface area contributed by atoms with Gasteiger partial charge in [0.2, 0.25) is 16.9 Å². The summed E-state index contributed by atoms with van der Waals surface area (Å²) in [7, 11) is 1.75. The zero-order valence-electron chi connectivity index (χ0n) is 13.9. The van der Waals surface area contributed by atoms with Crippen molar-refractivity contribution in [1.29, 1.82) is 0 Å². The number of benzene rings is 1. The highest BCUT2D eigenvalue weighted by atomic mass is 32.1. The number of nitrogens with one attached hydrogen (secondary N) is 1. The lowest BCUT2D eigenvalue weighted by molar-refractivity contribution is -0.127. The Morgan fingerprint density at radius 3 is 2.62 bits per heavy atom. The van der Waals surface area contributed by atoms with Crippen LogP contribution >= 0.6 is 11.3 Å². The first-order chi connectivity index (χ1) is 11.5. The molecule has 7 heteroatoms. The molecule has 0 radical (unpaired) electrons. The number of aromatic nitrogens is 2. The molecule has 0 spiro atoms. The van der Waals surface area contributed by atoms with Crippen molar-refractivity contribution in [2.24, 2.45) is 5.92 Å². The second-order valence-electron chi connectivity index (χ2n) is 6.26. The number of likely N-dealkylation sites (tertiary alicyclic amines) is 1. The summed E-state index contributed by atoms with van der Waals surface area (Å²) in [6.07, 6.45) is 0.206. The van der Waals surface area contributed by atoms with E-state index >= 15 is 0 Å². The summed E-state index contributed by atoms with van der Waals surface area (Å²) in [5.41, 5.74) is 0.964. The van der Waals surface area contributed by atoms with E-state index in [1.807, 2.05) is 44.2 Å². The quantitative estimate of drug-likeness (QED) is 0.925. The first-order valence-corrected chi connectivity index (χ1v) is 8.74. The molecule has 1 saturated heterocycles. The fraction of sp³-hybridized carbons (Fsp3) is 0.412. The number of carbonyl (C=O) groups excluding carboxylic acids is 2. The third-order valence-electron chi connectivity index (χ3n) is 4.23. The minimum absolute atomic E-state index is 0.0239. The van der Waals surface area contributed by atoms with Gasteiger partial charge in [0.05, 0.1) is 12.0 Å². The van der Waals surface area contributed by atoms with Crippen molar-refractivity contribution >= 4 is 28.3 Å². The van der Waals surface area contributed by atoms with Gasteiger partial charge in [-0.15, -0.1) is 10.2 Å². The first-order valence-electron chi connectivity index (χ1n) is 7.92. The van der Waals surface area contributed by atoms with Crippen LogP contribution in [-0.2, 0) is 9.59 Å². The molecule has 1 aliphatic rings. The van der Waals surface area contributed by atoms with Crippen molar-refractivity contribution in [3.8, 4) is 0 Å². The molecule has 1 aromatic heterocycles. The molecule has 126 valence electrons. The van der Waals surface area contributed by atoms with E-state index in [1.165, 1.54) is 11.3 Å². The van der Waals surface area contributed by atoms with Gasteiger partial charge >= 0.3 is 0 Å². The molecule has 1 N–H and O–H groups in total. The summed E-state index contributed by atoms with van der Waals surface area (Å²) in [5.74, 6) is -0.377. The van der Waals surface area contributed by atoms with Crippen LogP contribution in [0.15, 0.2) is 30.3 Å². The molecule has 2 heterocycles. The van der Waals surface area contributed by atoms with E-state index < -0.39 is 5.92 Å². The highest BCUT2D eigenvalue weighted by Gasteiger charge is 2.42. The standard InChI is InChI=1S/C17H20N4O2S/c1-10(2)16-19-20-17(24-16)18-15(23)12-9-13(22)21(3)14(12)11-7-5-4-6-8-11/h4-8,10,12,14H,9H2,1-3H3,(H,18,20,23)/t12-,14-/m0/s1. The van der Waals surface area contributed by atoms with E-state index in [9.17, 15) is 9.59 Å². The third-order valence-corrected chi connectivity index (χ3v) is 5.37. The molecule has 3 rings (SSSR count). The lowest BCUT2D eigenvalue weighted by Gasteiger charge is -2.24. The van der Waals surface area contributed by atoms with Gasteiger partial charge in [0.1, 0.15) is 5.01 Å². The largest absolute Gasteiger partial charge is 0.338 e. The van der Waals surface area contributed by atoms with Crippen LogP contribution in [0.25, 0.3) is 0 Å². The van der Waals surface area contributed by atoms with Crippen LogP contribution in [-0.4, -0.2) is 34.0 Å². The number of rotatable bonds is 4. The van der Waals surface area contributed by atoms with Gasteiger partial charge in [-0.1, -0.05) is 55.5 Å². The van der Waals surface area contributed by atoms with Gasteiger partial charge in [0.15, 0.2) is 0 Å². The Morgan fingerprint density at radius 1 is 1.29 bits per heavy atom. The second kappa shape index (κ2) is 6.68. The molecule has 6 nitrogen and oxygen atoms in total. The molecule has 2 atom stereocenters. The maximum Gasteiger partial charge on any atom is 0.232 e. The van der Waals surface area contributed by atoms with E-state index in [0.29, 0.717) is 5.13 Å². The summed E-state index contributed by atoms with van der Waals surface area (Å²) in [5, 5.41) is 12.3. The third kappa shape index (κ3) is 3.17. The summed E-state index contributed by atoms with van der Waals surface area (Å²) >= 11 is 1.37. The molecule has 24 heavy (non-hydrogen) atoms. The molecular weight excluding hydrogens is 324 g/mol. The summed E-state index contributed by atoms with van der Waals surface area (Å²) in [6.45, 7) is 4.06. The fourth-order valence-corrected chi connectivity index (χ4v) is 3.68. The van der Waals surface area contributed by atoms with Gasteiger partial charge < -0.3 is 10.2 Å². The fourth-order valence-electron chi connectivity index (χ4n) is 2.93. The Morgan fingerprint density at radius 2 is 2.00 bits per heavy atom. The van der Waals surface area contributed by atoms with Crippen LogP contribution < -0.4 is 5.32 Å². The van der Waals surface area contributed by atoms with Crippen LogP contribution in [0.1, 0.15) is 42.8 Å². The number of carbonyl (C=O) groups is 2. The summed E-state index contributed by atoms with van der Waals surface area (Å²) in [4.78, 5) is 26.5. The minimum Gasteiger partial charge on any atom is -0.338 e. The van der Waals surface area contributed by atoms with Crippen LogP contribution in [0.4, 0.5) is 5.13 Å². The average molecular weight is 344 g/mol. The number of amides is 2. The normalized spacial score (nSPS) is 20.7. The van der Waals surface area contributed by atoms with Gasteiger partial charge in [-0.3, -0.25) is 9.59 Å². The van der Waals surface area contributed by atoms with E-state index in [0.717, 1.165) is 10.6 Å². The minimum atomic E-state index is -0.434. The van der Waals surface area contributed by atoms with Crippen LogP contribution in [0, 0.1) is 5.92 Å². The van der Waals surface area contributed by atoms with Crippen molar-refractivity contribution in [3.63, 3.8) is 0 Å². The molecule has 2 aromatic rings. The van der Waals surface area contributed by atoms with Crippen molar-refractivity contribution in [1.82, 2.24) is 15.1 Å². The van der Waals surface area contributed by atoms with E-state index in [1.54, 1.807) is 11.9 Å². The van der Waals surface area contributed by atoms with Gasteiger partial charge in [-0.25, -0.2) is 0 Å². The molecule has 1 fully saturated rings. The molecule has 0 saturated carbocycles. The van der Waals surface area contributed by atoms with Crippen molar-refractivity contribution in [3.05, 3.63) is 40.9 Å². The topological polar surface area (TPSA) is 75.2 Å². The maximum atomic E-state index is 12.7. The lowest BCUT2D eigenvalue weighted by Crippen LogP contribution is -2.29. The van der Waals surface area contributed by atoms with Crippen molar-refractivity contribution in [2.45, 2.75) is 32.2 Å². The predicted octanol–water partition coefficient (Wildman–Crippen LogP) is 2.82. The SMILES string of the molecule is CC(C)c1nnc(NC(=O)[C@H]2CC(=O)N(C)[C@H]2c2ccccc2)s1. The zero-order chi connectivity index (χ0) is 17.3. The summed E-state index contributed by atoms with van der Waals surface area (Å²) in [6, 6.07) is 9.39. The van der Waals surface area contributed by atoms with Gasteiger partial charge in [0, 0.05) is 19.4 Å². The van der Waals surface area contributed by atoms with Crippen LogP contribution in [0.2, 0.25) is 0 Å². The van der Waals surface area contributed by atoms with E-state index in [4.69, 9.17) is 0 Å². The van der Waals surface area contributed by atoms with Crippen LogP contribution in [0.5, 0.6) is 0 Å². The smallest absolute Gasteiger partial charge is 0.232 e. The average Bonchev–Trinajstić information content (AvgIpc) is 3.14. The number of hydrogen-bond acceptors (Lipinski definition) is 5. The molecule has 1 aromatic carbocycles. The highest BCUT2D eigenvalue weighted by Crippen LogP contribution is 2.37. The molecular formula is C17H20N4O2S. The molecule has 0 bridgehead atoms. The van der Waals surface area contributed by atoms with Crippen molar-refractivity contribution in [2.75, 3.05) is 12.4 Å². The Labute approximate surface area is 144 Å². The summed E-state index contributed by atoms with van der Waals surface area (Å²) < 4.78 is 0. The van der Waals surface area contributed by atoms with E-state index in [2.05, 4.69) is 15.5 Å². The Hall–Kier alpha value is -2.28. The predicted molar refractivity (Wildman–Crippen MR) is 92.7 cm³/mol. The molecule has 1 aliphatic heterocycles. The first kappa shape index (κ1) is 16.6. The Kier molecular flexibility index (Phi) is 4.62. The van der Waals surface area contributed by atoms with Gasteiger partial charge in [-0.05, 0) is 5.56 Å². The number of hydrogen-bond donors (Lipinski definition) is 1. The second-order valence-corrected chi connectivity index (χ2v) is 7.27. The Balaban J connectivity index is 1.80. The highest BCUT2D eigenvalue weighted by molar-refractivity contribution is 7.15. The molecule has 0 aliphatic carbocycles. The van der Waals surface area contributed by atoms with Crippen LogP contribution in [0.3, 0.4) is 0 Å². The molecule has 2 amide bonds. The van der Waals surface area contributed by atoms with Crippen molar-refractivity contribution < 1.29 is 9.59 Å². The number of nitrogens with zero attached hydrogens (tertiary/aromatic N) is 3. The maximum absolute atomic E-state index is 12.7.